The summed E-state index contributed by atoms with van der Waals surface area (Å²) in [5.41, 5.74) is 1.12. The molecular weight excluding hydrogens is 254 g/mol. The van der Waals surface area contributed by atoms with Crippen LogP contribution in [0.4, 0.5) is 16.2 Å². The maximum Gasteiger partial charge on any atom is 0.319 e. The van der Waals surface area contributed by atoms with Crippen molar-refractivity contribution in [3.63, 3.8) is 0 Å². The average Bonchev–Trinajstić information content (AvgIpc) is 2.46. The molecule has 0 saturated heterocycles. The van der Waals surface area contributed by atoms with Gasteiger partial charge in [0.1, 0.15) is 0 Å². The van der Waals surface area contributed by atoms with E-state index in [1.165, 1.54) is 0 Å². The van der Waals surface area contributed by atoms with Gasteiger partial charge >= 0.3 is 6.03 Å². The highest BCUT2D eigenvalue weighted by molar-refractivity contribution is 5.93. The minimum Gasteiger partial charge on any atom is -0.394 e. The van der Waals surface area contributed by atoms with Gasteiger partial charge in [-0.15, -0.1) is 0 Å². The molecule has 0 heterocycles. The van der Waals surface area contributed by atoms with E-state index < -0.39 is 5.54 Å². The molecule has 1 atom stereocenters. The van der Waals surface area contributed by atoms with E-state index in [1.54, 1.807) is 0 Å². The van der Waals surface area contributed by atoms with Gasteiger partial charge in [-0.1, -0.05) is 19.1 Å². The number of anilines is 2. The fourth-order valence-electron chi connectivity index (χ4n) is 1.75. The Balaban J connectivity index is 2.81. The fourth-order valence-corrected chi connectivity index (χ4v) is 1.75. The second-order valence-electron chi connectivity index (χ2n) is 5.18. The van der Waals surface area contributed by atoms with E-state index in [-0.39, 0.29) is 12.6 Å². The third-order valence-electron chi connectivity index (χ3n) is 3.58. The maximum absolute atomic E-state index is 12.1. The molecule has 112 valence electrons. The fraction of sp³-hybridized carbons (Fsp3) is 0.533. The molecule has 1 unspecified atom stereocenters. The molecule has 0 radical (unpaired) electrons. The summed E-state index contributed by atoms with van der Waals surface area (Å²) >= 11 is 0. The molecule has 0 aliphatic carbocycles. The number of carbonyl (C=O) groups excluding carboxylic acids is 1. The number of aliphatic hydroxyl groups excluding tert-OH is 1. The first kappa shape index (κ1) is 16.3. The Hall–Kier alpha value is -1.75. The van der Waals surface area contributed by atoms with Crippen LogP contribution in [0.25, 0.3) is 0 Å². The lowest BCUT2D eigenvalue weighted by atomic mass is 10.0. The van der Waals surface area contributed by atoms with Crippen molar-refractivity contribution in [1.29, 1.82) is 0 Å². The number of urea groups is 1. The minimum atomic E-state index is -0.602. The number of nitrogens with zero attached hydrogens (tertiary/aromatic N) is 1. The van der Waals surface area contributed by atoms with Gasteiger partial charge in [0.25, 0.3) is 0 Å². The Bertz CT molecular complexity index is 444. The lowest BCUT2D eigenvalue weighted by molar-refractivity contribution is 0.172. The number of carbonyl (C=O) groups is 1. The zero-order valence-corrected chi connectivity index (χ0v) is 12.7. The number of benzene rings is 1. The number of nitrogens with one attached hydrogen (secondary N) is 2. The summed E-state index contributed by atoms with van der Waals surface area (Å²) in [7, 11) is 1.97. The highest BCUT2D eigenvalue weighted by Gasteiger charge is 2.23. The van der Waals surface area contributed by atoms with Gasteiger partial charge in [-0.3, -0.25) is 0 Å². The summed E-state index contributed by atoms with van der Waals surface area (Å²) in [5.74, 6) is 0. The molecule has 0 aromatic heterocycles. The van der Waals surface area contributed by atoms with Crippen LogP contribution in [0, 0.1) is 0 Å². The first-order valence-electron chi connectivity index (χ1n) is 6.96. The summed E-state index contributed by atoms with van der Waals surface area (Å²) in [5, 5.41) is 15.0. The Morgan fingerprint density at radius 3 is 2.55 bits per heavy atom. The van der Waals surface area contributed by atoms with E-state index in [1.807, 2.05) is 45.2 Å². The second kappa shape index (κ2) is 7.14. The van der Waals surface area contributed by atoms with Crippen LogP contribution in [0.15, 0.2) is 24.3 Å². The van der Waals surface area contributed by atoms with Gasteiger partial charge in [-0.05, 0) is 32.4 Å². The van der Waals surface area contributed by atoms with Crippen LogP contribution in [0.5, 0.6) is 0 Å². The van der Waals surface area contributed by atoms with Crippen LogP contribution in [0.2, 0.25) is 0 Å². The normalized spacial score (nSPS) is 13.4. The first-order chi connectivity index (χ1) is 9.45. The number of hydrogen-bond donors (Lipinski definition) is 3. The molecule has 0 bridgehead atoms. The highest BCUT2D eigenvalue weighted by atomic mass is 16.3. The van der Waals surface area contributed by atoms with Crippen molar-refractivity contribution >= 4 is 17.4 Å². The van der Waals surface area contributed by atoms with Crippen LogP contribution < -0.4 is 15.5 Å². The van der Waals surface area contributed by atoms with E-state index in [0.29, 0.717) is 6.42 Å². The first-order valence-corrected chi connectivity index (χ1v) is 6.96. The number of para-hydroxylation sites is 2. The third kappa shape index (κ3) is 4.13. The molecular formula is C15H25N3O2. The lowest BCUT2D eigenvalue weighted by Gasteiger charge is -2.28. The molecule has 5 nitrogen and oxygen atoms in total. The second-order valence-corrected chi connectivity index (χ2v) is 5.18. The van der Waals surface area contributed by atoms with Crippen LogP contribution in [0.3, 0.4) is 0 Å². The van der Waals surface area contributed by atoms with E-state index >= 15 is 0 Å². The van der Waals surface area contributed by atoms with Gasteiger partial charge in [0.15, 0.2) is 0 Å². The minimum absolute atomic E-state index is 0.0899. The van der Waals surface area contributed by atoms with Crippen molar-refractivity contribution in [2.24, 2.45) is 0 Å². The molecule has 1 aromatic rings. The molecule has 5 heteroatoms. The number of aliphatic hydroxyl groups is 1. The Morgan fingerprint density at radius 2 is 2.00 bits per heavy atom. The van der Waals surface area contributed by atoms with Crippen LogP contribution >= 0.6 is 0 Å². The Morgan fingerprint density at radius 1 is 1.35 bits per heavy atom. The molecule has 20 heavy (non-hydrogen) atoms. The Labute approximate surface area is 121 Å². The van der Waals surface area contributed by atoms with Crippen molar-refractivity contribution in [2.75, 3.05) is 30.4 Å². The standard InChI is InChI=1S/C15H25N3O2/c1-5-15(3,11-19)17-14(20)16-12-9-7-8-10-13(12)18(4)6-2/h7-10,19H,5-6,11H2,1-4H3,(H2,16,17,20). The predicted octanol–water partition coefficient (Wildman–Crippen LogP) is 2.43. The number of hydrogen-bond acceptors (Lipinski definition) is 3. The Kier molecular flexibility index (Phi) is 5.82. The van der Waals surface area contributed by atoms with E-state index in [9.17, 15) is 9.90 Å². The van der Waals surface area contributed by atoms with Gasteiger partial charge in [-0.25, -0.2) is 4.79 Å². The smallest absolute Gasteiger partial charge is 0.319 e. The molecule has 3 N–H and O–H groups in total. The van der Waals surface area contributed by atoms with Crippen molar-refractivity contribution in [2.45, 2.75) is 32.7 Å². The molecule has 0 spiro atoms. The molecule has 1 rings (SSSR count). The molecule has 0 fully saturated rings. The van der Waals surface area contributed by atoms with Gasteiger partial charge in [0.05, 0.1) is 23.5 Å². The van der Waals surface area contributed by atoms with Gasteiger partial charge in [0.2, 0.25) is 0 Å². The molecule has 0 saturated carbocycles. The average molecular weight is 279 g/mol. The monoisotopic (exact) mass is 279 g/mol. The largest absolute Gasteiger partial charge is 0.394 e. The predicted molar refractivity (Wildman–Crippen MR) is 83.3 cm³/mol. The van der Waals surface area contributed by atoms with Crippen LogP contribution in [-0.4, -0.2) is 36.9 Å². The molecule has 0 aliphatic heterocycles. The van der Waals surface area contributed by atoms with E-state index in [4.69, 9.17) is 0 Å². The van der Waals surface area contributed by atoms with Gasteiger partial charge in [0, 0.05) is 13.6 Å². The summed E-state index contributed by atoms with van der Waals surface area (Å²) in [4.78, 5) is 14.1. The lowest BCUT2D eigenvalue weighted by Crippen LogP contribution is -2.50. The third-order valence-corrected chi connectivity index (χ3v) is 3.58. The molecule has 0 aliphatic rings. The SMILES string of the molecule is CCN(C)c1ccccc1NC(=O)NC(C)(CC)CO. The summed E-state index contributed by atoms with van der Waals surface area (Å²) in [6.07, 6.45) is 0.660. The summed E-state index contributed by atoms with van der Waals surface area (Å²) in [6.45, 7) is 6.56. The van der Waals surface area contributed by atoms with E-state index in [0.717, 1.165) is 17.9 Å². The zero-order valence-electron chi connectivity index (χ0n) is 12.7. The number of amides is 2. The number of rotatable bonds is 6. The zero-order chi connectivity index (χ0) is 15.2. The van der Waals surface area contributed by atoms with E-state index in [2.05, 4.69) is 22.5 Å². The van der Waals surface area contributed by atoms with Crippen LogP contribution in [0.1, 0.15) is 27.2 Å². The molecule has 2 amide bonds. The topological polar surface area (TPSA) is 64.6 Å². The van der Waals surface area contributed by atoms with Gasteiger partial charge in [-0.2, -0.15) is 0 Å². The van der Waals surface area contributed by atoms with Crippen molar-refractivity contribution in [3.05, 3.63) is 24.3 Å². The van der Waals surface area contributed by atoms with Crippen molar-refractivity contribution < 1.29 is 9.90 Å². The maximum atomic E-state index is 12.1. The van der Waals surface area contributed by atoms with Crippen molar-refractivity contribution in [1.82, 2.24) is 5.32 Å². The summed E-state index contributed by atoms with van der Waals surface area (Å²) in [6, 6.07) is 7.34. The van der Waals surface area contributed by atoms with Crippen molar-refractivity contribution in [3.8, 4) is 0 Å². The van der Waals surface area contributed by atoms with Crippen LogP contribution in [-0.2, 0) is 0 Å². The molecule has 1 aromatic carbocycles. The van der Waals surface area contributed by atoms with Gasteiger partial charge < -0.3 is 20.6 Å². The summed E-state index contributed by atoms with van der Waals surface area (Å²) < 4.78 is 0. The quantitative estimate of drug-likeness (QED) is 0.749. The highest BCUT2D eigenvalue weighted by Crippen LogP contribution is 2.24.